The van der Waals surface area contributed by atoms with Crippen LogP contribution in [0, 0.1) is 5.92 Å². The summed E-state index contributed by atoms with van der Waals surface area (Å²) < 4.78 is 13.8. The van der Waals surface area contributed by atoms with Gasteiger partial charge in [0.1, 0.15) is 6.17 Å². The first-order valence-electron chi connectivity index (χ1n) is 5.57. The summed E-state index contributed by atoms with van der Waals surface area (Å²) in [6, 6.07) is 0.0168. The maximum atomic E-state index is 13.8. The summed E-state index contributed by atoms with van der Waals surface area (Å²) in [5.74, 6) is 0.310. The summed E-state index contributed by atoms with van der Waals surface area (Å²) in [6.07, 6.45) is 6.58. The van der Waals surface area contributed by atoms with Gasteiger partial charge in [0.2, 0.25) is 0 Å². The van der Waals surface area contributed by atoms with Gasteiger partial charge in [0.05, 0.1) is 0 Å². The van der Waals surface area contributed by atoms with Crippen LogP contribution in [0.1, 0.15) is 45.4 Å². The lowest BCUT2D eigenvalue weighted by Crippen LogP contribution is -2.36. The summed E-state index contributed by atoms with van der Waals surface area (Å²) in [4.78, 5) is 0. The van der Waals surface area contributed by atoms with Crippen molar-refractivity contribution in [2.45, 2.75) is 57.7 Å². The molecule has 1 aliphatic carbocycles. The van der Waals surface area contributed by atoms with Crippen LogP contribution in [0.2, 0.25) is 0 Å². The molecule has 2 atom stereocenters. The lowest BCUT2D eigenvalue weighted by atomic mass is 9.91. The van der Waals surface area contributed by atoms with E-state index in [4.69, 9.17) is 0 Å². The summed E-state index contributed by atoms with van der Waals surface area (Å²) in [7, 11) is 1.84. The van der Waals surface area contributed by atoms with Crippen molar-refractivity contribution in [1.82, 2.24) is 5.32 Å². The minimum absolute atomic E-state index is 0.0168. The standard InChI is InChI=1S/C11H22FN/c1-9(13-2)11(12)10-7-5-3-4-6-8-10/h9-11,13H,3-8H2,1-2H3. The molecule has 0 spiro atoms. The summed E-state index contributed by atoms with van der Waals surface area (Å²) in [5.41, 5.74) is 0. The van der Waals surface area contributed by atoms with Crippen molar-refractivity contribution in [2.75, 3.05) is 7.05 Å². The van der Waals surface area contributed by atoms with Gasteiger partial charge in [-0.15, -0.1) is 0 Å². The lowest BCUT2D eigenvalue weighted by Gasteiger charge is -2.24. The average molecular weight is 187 g/mol. The van der Waals surface area contributed by atoms with Gasteiger partial charge in [0, 0.05) is 6.04 Å². The Bertz CT molecular complexity index is 130. The molecule has 78 valence electrons. The first kappa shape index (κ1) is 11.0. The molecular weight excluding hydrogens is 165 g/mol. The topological polar surface area (TPSA) is 12.0 Å². The van der Waals surface area contributed by atoms with E-state index in [0.717, 1.165) is 12.8 Å². The highest BCUT2D eigenvalue weighted by Crippen LogP contribution is 2.28. The van der Waals surface area contributed by atoms with Crippen molar-refractivity contribution in [2.24, 2.45) is 5.92 Å². The van der Waals surface area contributed by atoms with Crippen molar-refractivity contribution in [3.63, 3.8) is 0 Å². The smallest absolute Gasteiger partial charge is 0.118 e. The molecule has 1 aliphatic rings. The Kier molecular flexibility index (Phi) is 4.71. The maximum Gasteiger partial charge on any atom is 0.118 e. The Hall–Kier alpha value is -0.110. The predicted octanol–water partition coefficient (Wildman–Crippen LogP) is 2.90. The molecule has 0 aromatic rings. The largest absolute Gasteiger partial charge is 0.314 e. The highest BCUT2D eigenvalue weighted by molar-refractivity contribution is 4.79. The van der Waals surface area contributed by atoms with E-state index in [1.165, 1.54) is 25.7 Å². The number of alkyl halides is 1. The molecule has 2 heteroatoms. The molecular formula is C11H22FN. The fourth-order valence-electron chi connectivity index (χ4n) is 2.20. The predicted molar refractivity (Wildman–Crippen MR) is 54.6 cm³/mol. The lowest BCUT2D eigenvalue weighted by molar-refractivity contribution is 0.167. The molecule has 1 saturated carbocycles. The van der Waals surface area contributed by atoms with E-state index in [0.29, 0.717) is 5.92 Å². The molecule has 0 amide bonds. The Morgan fingerprint density at radius 3 is 2.15 bits per heavy atom. The first-order valence-corrected chi connectivity index (χ1v) is 5.57. The Morgan fingerprint density at radius 2 is 1.69 bits per heavy atom. The average Bonchev–Trinajstić information content (AvgIpc) is 2.43. The molecule has 2 unspecified atom stereocenters. The van der Waals surface area contributed by atoms with Gasteiger partial charge >= 0.3 is 0 Å². The molecule has 1 N–H and O–H groups in total. The van der Waals surface area contributed by atoms with Crippen LogP contribution in [0.15, 0.2) is 0 Å². The molecule has 1 nitrogen and oxygen atoms in total. The van der Waals surface area contributed by atoms with E-state index in [1.54, 1.807) is 0 Å². The molecule has 0 heterocycles. The molecule has 0 aromatic carbocycles. The van der Waals surface area contributed by atoms with Gasteiger partial charge in [-0.2, -0.15) is 0 Å². The maximum absolute atomic E-state index is 13.8. The van der Waals surface area contributed by atoms with Gasteiger partial charge in [-0.1, -0.05) is 25.7 Å². The first-order chi connectivity index (χ1) is 6.25. The van der Waals surface area contributed by atoms with Crippen molar-refractivity contribution in [1.29, 1.82) is 0 Å². The molecule has 1 rings (SSSR count). The van der Waals surface area contributed by atoms with Crippen LogP contribution in [0.5, 0.6) is 0 Å². The molecule has 0 bridgehead atoms. The van der Waals surface area contributed by atoms with Gasteiger partial charge in [0.25, 0.3) is 0 Å². The molecule has 1 fully saturated rings. The monoisotopic (exact) mass is 187 g/mol. The molecule has 13 heavy (non-hydrogen) atoms. The van der Waals surface area contributed by atoms with Crippen LogP contribution in [0.3, 0.4) is 0 Å². The zero-order valence-corrected chi connectivity index (χ0v) is 8.85. The Balaban J connectivity index is 2.38. The van der Waals surface area contributed by atoms with Crippen LogP contribution < -0.4 is 5.32 Å². The Morgan fingerprint density at radius 1 is 1.15 bits per heavy atom. The van der Waals surface area contributed by atoms with Crippen molar-refractivity contribution < 1.29 is 4.39 Å². The number of hydrogen-bond donors (Lipinski definition) is 1. The molecule has 0 radical (unpaired) electrons. The quantitative estimate of drug-likeness (QED) is 0.670. The normalized spacial score (nSPS) is 25.2. The molecule has 0 aliphatic heterocycles. The highest BCUT2D eigenvalue weighted by Gasteiger charge is 2.25. The van der Waals surface area contributed by atoms with Crippen molar-refractivity contribution in [3.8, 4) is 0 Å². The highest BCUT2D eigenvalue weighted by atomic mass is 19.1. The second kappa shape index (κ2) is 5.58. The summed E-state index contributed by atoms with van der Waals surface area (Å²) in [6.45, 7) is 1.94. The zero-order valence-electron chi connectivity index (χ0n) is 8.85. The second-order valence-electron chi connectivity index (χ2n) is 4.27. The number of rotatable bonds is 3. The van der Waals surface area contributed by atoms with E-state index in [1.807, 2.05) is 14.0 Å². The van der Waals surface area contributed by atoms with E-state index in [9.17, 15) is 4.39 Å². The summed E-state index contributed by atoms with van der Waals surface area (Å²) >= 11 is 0. The third-order valence-corrected chi connectivity index (χ3v) is 3.28. The Labute approximate surface area is 81.1 Å². The van der Waals surface area contributed by atoms with Crippen LogP contribution in [-0.2, 0) is 0 Å². The van der Waals surface area contributed by atoms with Crippen LogP contribution >= 0.6 is 0 Å². The van der Waals surface area contributed by atoms with E-state index in [-0.39, 0.29) is 6.04 Å². The minimum atomic E-state index is -0.650. The van der Waals surface area contributed by atoms with Crippen LogP contribution in [0.25, 0.3) is 0 Å². The fourth-order valence-corrected chi connectivity index (χ4v) is 2.20. The van der Waals surface area contributed by atoms with Gasteiger partial charge < -0.3 is 5.32 Å². The van der Waals surface area contributed by atoms with Crippen molar-refractivity contribution >= 4 is 0 Å². The number of nitrogens with one attached hydrogen (secondary N) is 1. The SMILES string of the molecule is CNC(C)C(F)C1CCCCCC1. The van der Waals surface area contributed by atoms with Crippen LogP contribution in [-0.4, -0.2) is 19.3 Å². The van der Waals surface area contributed by atoms with Gasteiger partial charge in [-0.25, -0.2) is 4.39 Å². The fraction of sp³-hybridized carbons (Fsp3) is 1.00. The van der Waals surface area contributed by atoms with Gasteiger partial charge in [-0.3, -0.25) is 0 Å². The zero-order chi connectivity index (χ0) is 9.68. The minimum Gasteiger partial charge on any atom is -0.314 e. The second-order valence-corrected chi connectivity index (χ2v) is 4.27. The van der Waals surface area contributed by atoms with Crippen molar-refractivity contribution in [3.05, 3.63) is 0 Å². The van der Waals surface area contributed by atoms with E-state index < -0.39 is 6.17 Å². The third-order valence-electron chi connectivity index (χ3n) is 3.28. The number of hydrogen-bond acceptors (Lipinski definition) is 1. The summed E-state index contributed by atoms with van der Waals surface area (Å²) in [5, 5.41) is 3.01. The van der Waals surface area contributed by atoms with Gasteiger partial charge in [-0.05, 0) is 32.7 Å². The molecule has 0 saturated heterocycles. The van der Waals surface area contributed by atoms with Gasteiger partial charge in [0.15, 0.2) is 0 Å². The number of halogens is 1. The van der Waals surface area contributed by atoms with E-state index >= 15 is 0 Å². The van der Waals surface area contributed by atoms with E-state index in [2.05, 4.69) is 5.32 Å². The molecule has 0 aromatic heterocycles. The third kappa shape index (κ3) is 3.26. The van der Waals surface area contributed by atoms with Crippen LogP contribution in [0.4, 0.5) is 4.39 Å².